The molecule has 11 heavy (non-hydrogen) atoms. The maximum absolute atomic E-state index is 12.7. The van der Waals surface area contributed by atoms with Gasteiger partial charge in [0.2, 0.25) is 0 Å². The smallest absolute Gasteiger partial charge is 0.172 e. The van der Waals surface area contributed by atoms with E-state index < -0.39 is 5.82 Å². The van der Waals surface area contributed by atoms with E-state index in [1.807, 2.05) is 0 Å². The average molecular weight is 154 g/mol. The number of aromatic nitrogens is 1. The van der Waals surface area contributed by atoms with Crippen molar-refractivity contribution in [2.24, 2.45) is 16.7 Å². The predicted octanol–water partition coefficient (Wildman–Crippen LogP) is -0.200. The van der Waals surface area contributed by atoms with Gasteiger partial charge in [0, 0.05) is 6.20 Å². The Labute approximate surface area is 62.7 Å². The number of halogens is 1. The van der Waals surface area contributed by atoms with E-state index in [4.69, 9.17) is 11.6 Å². The minimum atomic E-state index is -0.529. The first kappa shape index (κ1) is 7.46. The highest BCUT2D eigenvalue weighted by molar-refractivity contribution is 5.95. The van der Waals surface area contributed by atoms with E-state index >= 15 is 0 Å². The van der Waals surface area contributed by atoms with Gasteiger partial charge in [-0.05, 0) is 12.1 Å². The minimum absolute atomic E-state index is 0.0185. The summed E-state index contributed by atoms with van der Waals surface area (Å²) in [7, 11) is 0. The van der Waals surface area contributed by atoms with Crippen LogP contribution in [0.2, 0.25) is 0 Å². The molecule has 0 aliphatic rings. The van der Waals surface area contributed by atoms with Crippen LogP contribution in [0, 0.1) is 5.82 Å². The molecular weight excluding hydrogens is 147 g/mol. The lowest BCUT2D eigenvalue weighted by atomic mass is 10.3. The number of hydrogen-bond acceptors (Lipinski definition) is 3. The van der Waals surface area contributed by atoms with Crippen LogP contribution >= 0.6 is 0 Å². The monoisotopic (exact) mass is 154 g/mol. The van der Waals surface area contributed by atoms with Crippen LogP contribution < -0.4 is 11.6 Å². The van der Waals surface area contributed by atoms with Crippen molar-refractivity contribution in [2.75, 3.05) is 0 Å². The van der Waals surface area contributed by atoms with Gasteiger partial charge in [0.05, 0.1) is 0 Å². The second-order valence-electron chi connectivity index (χ2n) is 1.85. The van der Waals surface area contributed by atoms with Gasteiger partial charge in [0.1, 0.15) is 5.69 Å². The Morgan fingerprint density at radius 1 is 1.64 bits per heavy atom. The molecular formula is C6H7FN4. The summed E-state index contributed by atoms with van der Waals surface area (Å²) in [6.07, 6.45) is 1.41. The number of nitrogens with zero attached hydrogens (tertiary/aromatic N) is 2. The third-order valence-corrected chi connectivity index (χ3v) is 1.14. The van der Waals surface area contributed by atoms with Gasteiger partial charge >= 0.3 is 0 Å². The summed E-state index contributed by atoms with van der Waals surface area (Å²) >= 11 is 0. The van der Waals surface area contributed by atoms with E-state index in [2.05, 4.69) is 10.1 Å². The number of hydrogen-bond donors (Lipinski definition) is 2. The van der Waals surface area contributed by atoms with Gasteiger partial charge in [-0.3, -0.25) is 0 Å². The predicted molar refractivity (Wildman–Crippen MR) is 39.1 cm³/mol. The summed E-state index contributed by atoms with van der Waals surface area (Å²) in [4.78, 5) is 3.64. The zero-order valence-corrected chi connectivity index (χ0v) is 5.66. The molecule has 4 nitrogen and oxygen atoms in total. The number of rotatable bonds is 1. The maximum atomic E-state index is 12.7. The van der Waals surface area contributed by atoms with E-state index in [1.54, 1.807) is 0 Å². The molecule has 0 unspecified atom stereocenters. The van der Waals surface area contributed by atoms with Gasteiger partial charge in [-0.1, -0.05) is 0 Å². The minimum Gasteiger partial charge on any atom is -0.380 e. The van der Waals surface area contributed by atoms with Gasteiger partial charge in [-0.25, -0.2) is 9.37 Å². The first-order valence-electron chi connectivity index (χ1n) is 2.90. The fourth-order valence-electron chi connectivity index (χ4n) is 0.635. The second kappa shape index (κ2) is 2.96. The van der Waals surface area contributed by atoms with Gasteiger partial charge in [0.25, 0.3) is 0 Å². The second-order valence-corrected chi connectivity index (χ2v) is 1.85. The molecule has 0 saturated heterocycles. The number of hydrazone groups is 1. The number of nitrogens with two attached hydrogens (primary N) is 2. The van der Waals surface area contributed by atoms with Crippen molar-refractivity contribution < 1.29 is 4.39 Å². The van der Waals surface area contributed by atoms with Gasteiger partial charge in [-0.15, -0.1) is 0 Å². The molecule has 0 saturated carbocycles. The molecule has 0 fully saturated rings. The number of amidine groups is 1. The highest BCUT2D eigenvalue weighted by Crippen LogP contribution is 2.00. The SMILES string of the molecule is N/N=C(/N)c1ncccc1F. The molecule has 5 heteroatoms. The zero-order chi connectivity index (χ0) is 8.27. The highest BCUT2D eigenvalue weighted by atomic mass is 19.1. The summed E-state index contributed by atoms with van der Waals surface area (Å²) in [5.74, 6) is 4.19. The molecule has 0 radical (unpaired) electrons. The van der Waals surface area contributed by atoms with Crippen LogP contribution in [0.25, 0.3) is 0 Å². The lowest BCUT2D eigenvalue weighted by Crippen LogP contribution is -2.18. The summed E-state index contributed by atoms with van der Waals surface area (Å²) in [6, 6.07) is 2.70. The van der Waals surface area contributed by atoms with Crippen molar-refractivity contribution in [3.63, 3.8) is 0 Å². The molecule has 1 heterocycles. The Morgan fingerprint density at radius 3 is 2.91 bits per heavy atom. The van der Waals surface area contributed by atoms with Crippen LogP contribution in [0.1, 0.15) is 5.69 Å². The normalized spacial score (nSPS) is 11.5. The van der Waals surface area contributed by atoms with Crippen LogP contribution in [0.5, 0.6) is 0 Å². The Balaban J connectivity index is 3.14. The first-order valence-corrected chi connectivity index (χ1v) is 2.90. The summed E-state index contributed by atoms with van der Waals surface area (Å²) in [6.45, 7) is 0. The fraction of sp³-hybridized carbons (Fsp3) is 0. The Kier molecular flexibility index (Phi) is 2.00. The molecule has 1 rings (SSSR count). The van der Waals surface area contributed by atoms with Crippen molar-refractivity contribution >= 4 is 5.84 Å². The van der Waals surface area contributed by atoms with Crippen LogP contribution in [-0.2, 0) is 0 Å². The van der Waals surface area contributed by atoms with E-state index in [-0.39, 0.29) is 11.5 Å². The molecule has 4 N–H and O–H groups in total. The number of pyridine rings is 1. The highest BCUT2D eigenvalue weighted by Gasteiger charge is 2.05. The van der Waals surface area contributed by atoms with Crippen molar-refractivity contribution in [1.29, 1.82) is 0 Å². The lowest BCUT2D eigenvalue weighted by molar-refractivity contribution is 0.617. The van der Waals surface area contributed by atoms with Crippen LogP contribution in [-0.4, -0.2) is 10.8 Å². The van der Waals surface area contributed by atoms with E-state index in [0.29, 0.717) is 0 Å². The molecule has 58 valence electrons. The Hall–Kier alpha value is -1.65. The van der Waals surface area contributed by atoms with Crippen molar-refractivity contribution in [3.05, 3.63) is 29.8 Å². The molecule has 0 aliphatic heterocycles. The molecule has 1 aromatic heterocycles. The van der Waals surface area contributed by atoms with Crippen LogP contribution in [0.3, 0.4) is 0 Å². The van der Waals surface area contributed by atoms with Gasteiger partial charge in [0.15, 0.2) is 11.7 Å². The van der Waals surface area contributed by atoms with E-state index in [9.17, 15) is 4.39 Å². The zero-order valence-electron chi connectivity index (χ0n) is 5.66. The third kappa shape index (κ3) is 1.43. The topological polar surface area (TPSA) is 77.3 Å². The largest absolute Gasteiger partial charge is 0.380 e. The van der Waals surface area contributed by atoms with Crippen molar-refractivity contribution in [2.45, 2.75) is 0 Å². The molecule has 0 aliphatic carbocycles. The average Bonchev–Trinajstić information content (AvgIpc) is 2.04. The molecule has 0 amide bonds. The molecule has 0 aromatic carbocycles. The third-order valence-electron chi connectivity index (χ3n) is 1.14. The summed E-state index contributed by atoms with van der Waals surface area (Å²) < 4.78 is 12.7. The standard InChI is InChI=1S/C6H7FN4/c7-4-2-1-3-10-5(4)6(8)11-9/h1-3H,9H2,(H2,8,11). The van der Waals surface area contributed by atoms with Gasteiger partial charge in [-0.2, -0.15) is 5.10 Å². The molecule has 0 atom stereocenters. The lowest BCUT2D eigenvalue weighted by Gasteiger charge is -1.97. The summed E-state index contributed by atoms with van der Waals surface area (Å²) in [5.41, 5.74) is 5.20. The Bertz CT molecular complexity index is 284. The first-order chi connectivity index (χ1) is 5.25. The molecule has 0 bridgehead atoms. The van der Waals surface area contributed by atoms with Crippen molar-refractivity contribution in [3.8, 4) is 0 Å². The van der Waals surface area contributed by atoms with E-state index in [0.717, 1.165) is 0 Å². The quantitative estimate of drug-likeness (QED) is 0.254. The van der Waals surface area contributed by atoms with Crippen LogP contribution in [0.4, 0.5) is 4.39 Å². The van der Waals surface area contributed by atoms with Gasteiger partial charge < -0.3 is 11.6 Å². The fourth-order valence-corrected chi connectivity index (χ4v) is 0.635. The van der Waals surface area contributed by atoms with Crippen molar-refractivity contribution in [1.82, 2.24) is 4.98 Å². The van der Waals surface area contributed by atoms with Crippen LogP contribution in [0.15, 0.2) is 23.4 Å². The maximum Gasteiger partial charge on any atom is 0.172 e. The van der Waals surface area contributed by atoms with E-state index in [1.165, 1.54) is 18.3 Å². The molecule has 0 spiro atoms. The molecule has 1 aromatic rings. The Morgan fingerprint density at radius 2 is 2.36 bits per heavy atom. The summed E-state index contributed by atoms with van der Waals surface area (Å²) in [5, 5.41) is 3.11.